The van der Waals surface area contributed by atoms with Crippen LogP contribution in [-0.4, -0.2) is 23.9 Å². The Labute approximate surface area is 183 Å². The van der Waals surface area contributed by atoms with Crippen molar-refractivity contribution in [2.75, 3.05) is 6.54 Å². The average Bonchev–Trinajstić information content (AvgIpc) is 3.04. The van der Waals surface area contributed by atoms with Crippen molar-refractivity contribution in [3.63, 3.8) is 0 Å². The highest BCUT2D eigenvalue weighted by molar-refractivity contribution is 5.79. The molecule has 0 aromatic rings. The van der Waals surface area contributed by atoms with Crippen LogP contribution in [0.5, 0.6) is 0 Å². The number of hydrogen-bond donors (Lipinski definition) is 1. The molecule has 0 heterocycles. The molecule has 4 aliphatic carbocycles. The molecule has 2 N–H and O–H groups in total. The zero-order valence-corrected chi connectivity index (χ0v) is 19.7. The van der Waals surface area contributed by atoms with Crippen molar-refractivity contribution in [2.45, 2.75) is 104 Å². The van der Waals surface area contributed by atoms with E-state index in [0.29, 0.717) is 36.5 Å². The number of esters is 1. The zero-order chi connectivity index (χ0) is 21.7. The summed E-state index contributed by atoms with van der Waals surface area (Å²) in [5.74, 6) is 3.57. The van der Waals surface area contributed by atoms with Gasteiger partial charge in [-0.1, -0.05) is 13.8 Å². The van der Waals surface area contributed by atoms with Crippen LogP contribution in [0.1, 0.15) is 98.3 Å². The topological polar surface area (TPSA) is 69.4 Å². The molecule has 0 aromatic carbocycles. The van der Waals surface area contributed by atoms with Gasteiger partial charge in [-0.25, -0.2) is 0 Å². The lowest BCUT2D eigenvalue weighted by molar-refractivity contribution is -0.181. The third-order valence-electron chi connectivity index (χ3n) is 10.4. The number of Topliss-reactive ketones (excluding diaryl/α,β-unsaturated/α-hetero) is 1. The molecule has 0 spiro atoms. The summed E-state index contributed by atoms with van der Waals surface area (Å²) >= 11 is 0. The molecule has 0 aromatic heterocycles. The maximum absolute atomic E-state index is 12.3. The molecule has 8 atom stereocenters. The summed E-state index contributed by atoms with van der Waals surface area (Å²) in [5, 5.41) is 0. The van der Waals surface area contributed by atoms with Crippen LogP contribution in [0.3, 0.4) is 0 Å². The molecule has 170 valence electrons. The highest BCUT2D eigenvalue weighted by Crippen LogP contribution is 2.68. The van der Waals surface area contributed by atoms with Gasteiger partial charge in [0.25, 0.3) is 0 Å². The average molecular weight is 418 g/mol. The monoisotopic (exact) mass is 417 g/mol. The first-order valence-corrected chi connectivity index (χ1v) is 12.6. The van der Waals surface area contributed by atoms with Gasteiger partial charge in [0.1, 0.15) is 11.4 Å². The first-order valence-electron chi connectivity index (χ1n) is 12.6. The summed E-state index contributed by atoms with van der Waals surface area (Å²) in [6.45, 7) is 9.50. The largest absolute Gasteiger partial charge is 0.459 e. The molecule has 4 aliphatic rings. The molecule has 4 saturated carbocycles. The summed E-state index contributed by atoms with van der Waals surface area (Å²) in [4.78, 5) is 24.6. The van der Waals surface area contributed by atoms with Crippen LogP contribution >= 0.6 is 0 Å². The van der Waals surface area contributed by atoms with Crippen LogP contribution in [0.15, 0.2) is 0 Å². The number of carbonyl (C=O) groups excluding carboxylic acids is 2. The first kappa shape index (κ1) is 22.3. The van der Waals surface area contributed by atoms with E-state index in [2.05, 4.69) is 20.8 Å². The second-order valence-corrected chi connectivity index (χ2v) is 12.0. The predicted molar refractivity (Wildman–Crippen MR) is 119 cm³/mol. The van der Waals surface area contributed by atoms with Gasteiger partial charge < -0.3 is 10.5 Å². The molecule has 4 fully saturated rings. The van der Waals surface area contributed by atoms with Crippen molar-refractivity contribution < 1.29 is 14.3 Å². The molecule has 0 bridgehead atoms. The Morgan fingerprint density at radius 2 is 1.67 bits per heavy atom. The van der Waals surface area contributed by atoms with Crippen molar-refractivity contribution in [3.05, 3.63) is 0 Å². The number of nitrogens with two attached hydrogens (primary N) is 1. The summed E-state index contributed by atoms with van der Waals surface area (Å²) in [7, 11) is 0. The third-order valence-corrected chi connectivity index (χ3v) is 10.4. The summed E-state index contributed by atoms with van der Waals surface area (Å²) in [6, 6.07) is 0. The van der Waals surface area contributed by atoms with Crippen molar-refractivity contribution in [1.29, 1.82) is 0 Å². The van der Waals surface area contributed by atoms with E-state index in [0.717, 1.165) is 37.0 Å². The molecular formula is C26H43NO3. The fourth-order valence-corrected chi connectivity index (χ4v) is 8.75. The van der Waals surface area contributed by atoms with Gasteiger partial charge in [-0.05, 0) is 119 Å². The fourth-order valence-electron chi connectivity index (χ4n) is 8.75. The Morgan fingerprint density at radius 1 is 0.933 bits per heavy atom. The molecule has 0 saturated heterocycles. The number of hydrogen-bond acceptors (Lipinski definition) is 4. The maximum Gasteiger partial charge on any atom is 0.306 e. The molecule has 0 amide bonds. The fraction of sp³-hybridized carbons (Fsp3) is 0.923. The quantitative estimate of drug-likeness (QED) is 0.618. The van der Waals surface area contributed by atoms with Crippen molar-refractivity contribution in [3.8, 4) is 0 Å². The van der Waals surface area contributed by atoms with E-state index in [-0.39, 0.29) is 22.9 Å². The van der Waals surface area contributed by atoms with Crippen LogP contribution in [0.25, 0.3) is 0 Å². The Kier molecular flexibility index (Phi) is 5.87. The number of carbonyl (C=O) groups is 2. The lowest BCUT2D eigenvalue weighted by Crippen LogP contribution is -2.56. The Hall–Kier alpha value is -0.900. The number of fused-ring (bicyclic) bond motifs is 5. The minimum absolute atomic E-state index is 0.0742. The van der Waals surface area contributed by atoms with Gasteiger partial charge in [0.05, 0.1) is 0 Å². The molecular weight excluding hydrogens is 374 g/mol. The molecule has 0 unspecified atom stereocenters. The Morgan fingerprint density at radius 3 is 2.37 bits per heavy atom. The van der Waals surface area contributed by atoms with Crippen molar-refractivity contribution >= 4 is 11.8 Å². The maximum atomic E-state index is 12.3. The van der Waals surface area contributed by atoms with Gasteiger partial charge in [-0.15, -0.1) is 0 Å². The molecule has 4 rings (SSSR count). The standard InChI is InChI=1S/C26H43NO3/c1-17(28)20-9-10-21-19-8-7-18-16-24(2,30-23(29)6-5-15-27)13-14-25(18,3)22(19)11-12-26(20,21)4/h18-22H,5-16,27H2,1-4H3/t18-,19-,20+,21-,22-,24+,25-,26+/m0/s1. The van der Waals surface area contributed by atoms with E-state index in [9.17, 15) is 9.59 Å². The first-order chi connectivity index (χ1) is 14.1. The minimum Gasteiger partial charge on any atom is -0.459 e. The van der Waals surface area contributed by atoms with Crippen LogP contribution in [-0.2, 0) is 14.3 Å². The highest BCUT2D eigenvalue weighted by Gasteiger charge is 2.61. The molecule has 0 radical (unpaired) electrons. The number of ether oxygens (including phenoxy) is 1. The van der Waals surface area contributed by atoms with Gasteiger partial charge in [0.15, 0.2) is 0 Å². The Bertz CT molecular complexity index is 692. The molecule has 0 aliphatic heterocycles. The summed E-state index contributed by atoms with van der Waals surface area (Å²) in [5.41, 5.74) is 5.84. The van der Waals surface area contributed by atoms with Crippen LogP contribution in [0, 0.1) is 40.4 Å². The van der Waals surface area contributed by atoms with E-state index in [4.69, 9.17) is 10.5 Å². The van der Waals surface area contributed by atoms with Crippen molar-refractivity contribution in [1.82, 2.24) is 0 Å². The van der Waals surface area contributed by atoms with Crippen LogP contribution in [0.4, 0.5) is 0 Å². The van der Waals surface area contributed by atoms with Crippen LogP contribution in [0.2, 0.25) is 0 Å². The molecule has 4 heteroatoms. The van der Waals surface area contributed by atoms with Gasteiger partial charge in [-0.2, -0.15) is 0 Å². The lowest BCUT2D eigenvalue weighted by Gasteiger charge is -2.62. The number of rotatable bonds is 5. The minimum atomic E-state index is -0.307. The van der Waals surface area contributed by atoms with Gasteiger partial charge in [0.2, 0.25) is 0 Å². The van der Waals surface area contributed by atoms with E-state index in [1.807, 2.05) is 6.92 Å². The van der Waals surface area contributed by atoms with E-state index in [1.165, 1.54) is 38.5 Å². The smallest absolute Gasteiger partial charge is 0.306 e. The van der Waals surface area contributed by atoms with Gasteiger partial charge in [-0.3, -0.25) is 9.59 Å². The van der Waals surface area contributed by atoms with E-state index >= 15 is 0 Å². The summed E-state index contributed by atoms with van der Waals surface area (Å²) in [6.07, 6.45) is 11.7. The van der Waals surface area contributed by atoms with Gasteiger partial charge >= 0.3 is 5.97 Å². The SMILES string of the molecule is CC(=O)[C@H]1CC[C@H]2[C@@H]3CC[C@H]4C[C@](C)(OC(=O)CCCN)CC[C@]4(C)[C@H]3CC[C@]12C. The third kappa shape index (κ3) is 3.55. The normalized spacial score (nSPS) is 47.7. The Balaban J connectivity index is 1.47. The molecule has 4 nitrogen and oxygen atoms in total. The predicted octanol–water partition coefficient (Wildman–Crippen LogP) is 5.28. The lowest BCUT2D eigenvalue weighted by atomic mass is 9.44. The molecule has 30 heavy (non-hydrogen) atoms. The van der Waals surface area contributed by atoms with Crippen LogP contribution < -0.4 is 5.73 Å². The zero-order valence-electron chi connectivity index (χ0n) is 19.7. The summed E-state index contributed by atoms with van der Waals surface area (Å²) < 4.78 is 6.00. The van der Waals surface area contributed by atoms with Gasteiger partial charge in [0, 0.05) is 12.3 Å². The highest BCUT2D eigenvalue weighted by atomic mass is 16.6. The van der Waals surface area contributed by atoms with Crippen molar-refractivity contribution in [2.24, 2.45) is 46.2 Å². The van der Waals surface area contributed by atoms with E-state index in [1.54, 1.807) is 0 Å². The second kappa shape index (κ2) is 7.90. The number of ketones is 1. The van der Waals surface area contributed by atoms with E-state index < -0.39 is 0 Å². The second-order valence-electron chi connectivity index (χ2n) is 12.0.